The number of benzene rings is 1. The fraction of sp³-hybridized carbons (Fsp3) is 0.739. The number of aryl methyl sites for hydroxylation is 1. The Balaban J connectivity index is 2.06. The van der Waals surface area contributed by atoms with Gasteiger partial charge in [-0.2, -0.15) is 0 Å². The van der Waals surface area contributed by atoms with Crippen molar-refractivity contribution in [3.05, 3.63) is 29.8 Å². The normalized spacial score (nSPS) is 11.7. The van der Waals surface area contributed by atoms with E-state index in [1.54, 1.807) is 0 Å². The summed E-state index contributed by atoms with van der Waals surface area (Å²) in [7, 11) is 0. The molecule has 4 heteroatoms. The number of ether oxygens (including phenoxy) is 1. The number of rotatable bonds is 17. The molecule has 0 bridgehead atoms. The minimum absolute atomic E-state index is 0.205. The maximum atomic E-state index is 9.23. The van der Waals surface area contributed by atoms with Crippen LogP contribution < -0.4 is 10.5 Å². The van der Waals surface area contributed by atoms with Crippen molar-refractivity contribution in [2.45, 2.75) is 89.5 Å². The first-order chi connectivity index (χ1) is 13.1. The van der Waals surface area contributed by atoms with Crippen LogP contribution in [-0.4, -0.2) is 35.6 Å². The van der Waals surface area contributed by atoms with E-state index in [1.165, 1.54) is 57.8 Å². The summed E-state index contributed by atoms with van der Waals surface area (Å²) in [6.45, 7) is 2.63. The minimum Gasteiger partial charge on any atom is -0.494 e. The molecule has 4 N–H and O–H groups in total. The summed E-state index contributed by atoms with van der Waals surface area (Å²) >= 11 is 0. The predicted molar refractivity (Wildman–Crippen MR) is 113 cm³/mol. The van der Waals surface area contributed by atoms with Crippen LogP contribution in [0.3, 0.4) is 0 Å². The van der Waals surface area contributed by atoms with E-state index in [4.69, 9.17) is 10.5 Å². The lowest BCUT2D eigenvalue weighted by atomic mass is 9.94. The number of aliphatic hydroxyl groups excluding tert-OH is 2. The van der Waals surface area contributed by atoms with Gasteiger partial charge >= 0.3 is 0 Å². The molecule has 0 saturated carbocycles. The molecule has 0 atom stereocenters. The molecule has 0 radical (unpaired) electrons. The Morgan fingerprint density at radius 2 is 1.33 bits per heavy atom. The average molecular weight is 380 g/mol. The summed E-state index contributed by atoms with van der Waals surface area (Å²) in [5.41, 5.74) is 6.14. The lowest BCUT2D eigenvalue weighted by Gasteiger charge is -2.24. The van der Waals surface area contributed by atoms with Crippen LogP contribution in [0.4, 0.5) is 0 Å². The van der Waals surface area contributed by atoms with Crippen molar-refractivity contribution in [3.63, 3.8) is 0 Å². The van der Waals surface area contributed by atoms with Gasteiger partial charge in [-0.05, 0) is 37.0 Å². The number of nitrogens with two attached hydrogens (primary N) is 1. The number of unbranched alkanes of at least 4 members (excludes halogenated alkanes) is 9. The molecule has 0 aliphatic rings. The first-order valence-electron chi connectivity index (χ1n) is 10.9. The van der Waals surface area contributed by atoms with Crippen LogP contribution in [0, 0.1) is 0 Å². The summed E-state index contributed by atoms with van der Waals surface area (Å²) in [6.07, 6.45) is 14.6. The molecule has 27 heavy (non-hydrogen) atoms. The minimum atomic E-state index is -0.898. The highest BCUT2D eigenvalue weighted by Crippen LogP contribution is 2.17. The molecule has 1 aromatic carbocycles. The van der Waals surface area contributed by atoms with Gasteiger partial charge in [0.1, 0.15) is 5.75 Å². The van der Waals surface area contributed by atoms with Gasteiger partial charge in [0.25, 0.3) is 0 Å². The SMILES string of the molecule is CCCCCCCCCCCCOc1ccc(CCC(N)(CO)CO)cc1. The van der Waals surface area contributed by atoms with Crippen LogP contribution in [0.25, 0.3) is 0 Å². The highest BCUT2D eigenvalue weighted by atomic mass is 16.5. The lowest BCUT2D eigenvalue weighted by Crippen LogP contribution is -2.47. The second-order valence-electron chi connectivity index (χ2n) is 7.85. The fourth-order valence-electron chi connectivity index (χ4n) is 3.13. The molecule has 0 aliphatic heterocycles. The molecule has 0 amide bonds. The number of aliphatic hydroxyl groups is 2. The molecule has 1 rings (SSSR count). The molecular weight excluding hydrogens is 338 g/mol. The van der Waals surface area contributed by atoms with Crippen LogP contribution in [-0.2, 0) is 6.42 Å². The Morgan fingerprint density at radius 1 is 0.815 bits per heavy atom. The molecular formula is C23H41NO3. The van der Waals surface area contributed by atoms with Crippen LogP contribution in [0.5, 0.6) is 5.75 Å². The molecule has 0 heterocycles. The van der Waals surface area contributed by atoms with E-state index in [-0.39, 0.29) is 13.2 Å². The van der Waals surface area contributed by atoms with Gasteiger partial charge in [0.15, 0.2) is 0 Å². The third kappa shape index (κ3) is 11.4. The highest BCUT2D eigenvalue weighted by molar-refractivity contribution is 5.27. The van der Waals surface area contributed by atoms with Gasteiger partial charge in [0.05, 0.1) is 25.4 Å². The van der Waals surface area contributed by atoms with Gasteiger partial charge in [-0.15, -0.1) is 0 Å². The predicted octanol–water partition coefficient (Wildman–Crippen LogP) is 4.60. The molecule has 0 unspecified atom stereocenters. The lowest BCUT2D eigenvalue weighted by molar-refractivity contribution is 0.115. The van der Waals surface area contributed by atoms with E-state index in [2.05, 4.69) is 6.92 Å². The molecule has 1 aromatic rings. The Kier molecular flexibility index (Phi) is 13.2. The van der Waals surface area contributed by atoms with Crippen LogP contribution in [0.15, 0.2) is 24.3 Å². The molecule has 0 saturated heterocycles. The first kappa shape index (κ1) is 23.9. The van der Waals surface area contributed by atoms with E-state index in [9.17, 15) is 10.2 Å². The van der Waals surface area contributed by atoms with Gasteiger partial charge in [-0.3, -0.25) is 0 Å². The van der Waals surface area contributed by atoms with Gasteiger partial charge in [0, 0.05) is 0 Å². The van der Waals surface area contributed by atoms with Crippen molar-refractivity contribution in [3.8, 4) is 5.75 Å². The van der Waals surface area contributed by atoms with E-state index < -0.39 is 5.54 Å². The van der Waals surface area contributed by atoms with E-state index in [1.807, 2.05) is 24.3 Å². The zero-order chi connectivity index (χ0) is 19.8. The van der Waals surface area contributed by atoms with Crippen LogP contribution >= 0.6 is 0 Å². The highest BCUT2D eigenvalue weighted by Gasteiger charge is 2.22. The molecule has 4 nitrogen and oxygen atoms in total. The third-order valence-corrected chi connectivity index (χ3v) is 5.23. The Hall–Kier alpha value is -1.10. The summed E-state index contributed by atoms with van der Waals surface area (Å²) in [5, 5.41) is 18.5. The van der Waals surface area contributed by atoms with Gasteiger partial charge < -0.3 is 20.7 Å². The van der Waals surface area contributed by atoms with Gasteiger partial charge in [-0.25, -0.2) is 0 Å². The first-order valence-corrected chi connectivity index (χ1v) is 10.9. The Bertz CT molecular complexity index is 457. The topological polar surface area (TPSA) is 75.7 Å². The molecule has 156 valence electrons. The monoisotopic (exact) mass is 379 g/mol. The van der Waals surface area contributed by atoms with Gasteiger partial charge in [-0.1, -0.05) is 76.8 Å². The van der Waals surface area contributed by atoms with Gasteiger partial charge in [0.2, 0.25) is 0 Å². The van der Waals surface area contributed by atoms with Crippen molar-refractivity contribution in [1.82, 2.24) is 0 Å². The van der Waals surface area contributed by atoms with Crippen LogP contribution in [0.1, 0.15) is 83.1 Å². The number of hydrogen-bond donors (Lipinski definition) is 3. The van der Waals surface area contributed by atoms with Crippen molar-refractivity contribution >= 4 is 0 Å². The summed E-state index contributed by atoms with van der Waals surface area (Å²) in [5.74, 6) is 0.901. The van der Waals surface area contributed by atoms with E-state index >= 15 is 0 Å². The standard InChI is InChI=1S/C23H41NO3/c1-2-3-4-5-6-7-8-9-10-11-18-27-22-14-12-21(13-15-22)16-17-23(24,19-25)20-26/h12-15,25-26H,2-11,16-20,24H2,1H3. The Labute approximate surface area is 166 Å². The van der Waals surface area contributed by atoms with Crippen molar-refractivity contribution in [1.29, 1.82) is 0 Å². The molecule has 0 spiro atoms. The second-order valence-corrected chi connectivity index (χ2v) is 7.85. The van der Waals surface area contributed by atoms with E-state index in [0.29, 0.717) is 6.42 Å². The Morgan fingerprint density at radius 3 is 1.85 bits per heavy atom. The second kappa shape index (κ2) is 14.9. The van der Waals surface area contributed by atoms with Crippen molar-refractivity contribution < 1.29 is 14.9 Å². The maximum absolute atomic E-state index is 9.23. The summed E-state index contributed by atoms with van der Waals surface area (Å²) in [6, 6.07) is 8.04. The summed E-state index contributed by atoms with van der Waals surface area (Å²) < 4.78 is 5.82. The zero-order valence-electron chi connectivity index (χ0n) is 17.3. The summed E-state index contributed by atoms with van der Waals surface area (Å²) in [4.78, 5) is 0. The van der Waals surface area contributed by atoms with Crippen molar-refractivity contribution in [2.75, 3.05) is 19.8 Å². The maximum Gasteiger partial charge on any atom is 0.119 e. The van der Waals surface area contributed by atoms with E-state index in [0.717, 1.165) is 30.8 Å². The molecule has 0 fully saturated rings. The molecule has 0 aliphatic carbocycles. The zero-order valence-corrected chi connectivity index (χ0v) is 17.3. The number of hydrogen-bond acceptors (Lipinski definition) is 4. The fourth-order valence-corrected chi connectivity index (χ4v) is 3.13. The molecule has 0 aromatic heterocycles. The average Bonchev–Trinajstić information content (AvgIpc) is 2.71. The third-order valence-electron chi connectivity index (χ3n) is 5.23. The largest absolute Gasteiger partial charge is 0.494 e. The quantitative estimate of drug-likeness (QED) is 0.346. The van der Waals surface area contributed by atoms with Crippen molar-refractivity contribution in [2.24, 2.45) is 5.73 Å². The smallest absolute Gasteiger partial charge is 0.119 e. The van der Waals surface area contributed by atoms with Crippen LogP contribution in [0.2, 0.25) is 0 Å².